The second-order valence-corrected chi connectivity index (χ2v) is 4.68. The van der Waals surface area contributed by atoms with Crippen LogP contribution in [0.15, 0.2) is 54.6 Å². The van der Waals surface area contributed by atoms with Gasteiger partial charge in [-0.2, -0.15) is 0 Å². The number of nitrogens with one attached hydrogen (secondary N) is 1. The van der Waals surface area contributed by atoms with Crippen LogP contribution in [0, 0.1) is 0 Å². The van der Waals surface area contributed by atoms with E-state index in [1.54, 1.807) is 24.3 Å². The summed E-state index contributed by atoms with van der Waals surface area (Å²) >= 11 is 0. The number of hydrogen-bond donors (Lipinski definition) is 1. The van der Waals surface area contributed by atoms with Crippen molar-refractivity contribution < 1.29 is 19.1 Å². The number of amides is 1. The zero-order valence-corrected chi connectivity index (χ0v) is 12.4. The summed E-state index contributed by atoms with van der Waals surface area (Å²) in [6.45, 7) is 2.78. The van der Waals surface area contributed by atoms with Crippen LogP contribution in [0.2, 0.25) is 0 Å². The quantitative estimate of drug-likeness (QED) is 0.860. The van der Waals surface area contributed by atoms with Crippen molar-refractivity contribution in [3.63, 3.8) is 0 Å². The first kappa shape index (κ1) is 15.6. The summed E-state index contributed by atoms with van der Waals surface area (Å²) in [5, 5.41) is 2.67. The third kappa shape index (κ3) is 4.63. The number of anilines is 1. The highest BCUT2D eigenvalue weighted by atomic mass is 16.5. The molecule has 1 N–H and O–H groups in total. The van der Waals surface area contributed by atoms with E-state index in [0.717, 1.165) is 5.75 Å². The molecule has 0 aliphatic carbocycles. The van der Waals surface area contributed by atoms with Crippen LogP contribution in [0.4, 0.5) is 5.69 Å². The van der Waals surface area contributed by atoms with E-state index in [9.17, 15) is 9.59 Å². The molecule has 0 saturated heterocycles. The number of para-hydroxylation sites is 1. The van der Waals surface area contributed by atoms with Crippen LogP contribution in [0.3, 0.4) is 0 Å². The van der Waals surface area contributed by atoms with Crippen LogP contribution in [-0.2, 0) is 14.3 Å². The maximum atomic E-state index is 11.8. The first-order chi connectivity index (χ1) is 10.5. The van der Waals surface area contributed by atoms with E-state index in [2.05, 4.69) is 5.32 Å². The number of carbonyl (C=O) groups excluding carboxylic acids is 2. The van der Waals surface area contributed by atoms with Gasteiger partial charge in [0.05, 0.1) is 0 Å². The van der Waals surface area contributed by atoms with E-state index >= 15 is 0 Å². The SMILES string of the molecule is CC(=O)OC(C)C(=O)Nc1ccc(Oc2ccccc2)cc1. The molecule has 5 heteroatoms. The van der Waals surface area contributed by atoms with E-state index in [-0.39, 0.29) is 5.91 Å². The Hall–Kier alpha value is -2.82. The van der Waals surface area contributed by atoms with Crippen molar-refractivity contribution in [2.45, 2.75) is 20.0 Å². The van der Waals surface area contributed by atoms with Crippen molar-refractivity contribution in [3.05, 3.63) is 54.6 Å². The van der Waals surface area contributed by atoms with Gasteiger partial charge in [-0.1, -0.05) is 18.2 Å². The summed E-state index contributed by atoms with van der Waals surface area (Å²) in [6, 6.07) is 16.3. The van der Waals surface area contributed by atoms with Gasteiger partial charge < -0.3 is 14.8 Å². The van der Waals surface area contributed by atoms with Gasteiger partial charge in [-0.15, -0.1) is 0 Å². The number of esters is 1. The van der Waals surface area contributed by atoms with Crippen molar-refractivity contribution >= 4 is 17.6 Å². The van der Waals surface area contributed by atoms with E-state index in [4.69, 9.17) is 9.47 Å². The van der Waals surface area contributed by atoms with Crippen LogP contribution in [-0.4, -0.2) is 18.0 Å². The normalized spacial score (nSPS) is 11.4. The van der Waals surface area contributed by atoms with E-state index in [1.807, 2.05) is 30.3 Å². The Bertz CT molecular complexity index is 637. The van der Waals surface area contributed by atoms with Crippen LogP contribution >= 0.6 is 0 Å². The smallest absolute Gasteiger partial charge is 0.303 e. The molecule has 0 bridgehead atoms. The largest absolute Gasteiger partial charge is 0.457 e. The molecule has 0 aliphatic rings. The maximum Gasteiger partial charge on any atom is 0.303 e. The maximum absolute atomic E-state index is 11.8. The zero-order chi connectivity index (χ0) is 15.9. The lowest BCUT2D eigenvalue weighted by molar-refractivity contribution is -0.150. The fourth-order valence-corrected chi connectivity index (χ4v) is 1.78. The third-order valence-corrected chi connectivity index (χ3v) is 2.81. The van der Waals surface area contributed by atoms with Crippen LogP contribution < -0.4 is 10.1 Å². The van der Waals surface area contributed by atoms with Gasteiger partial charge >= 0.3 is 5.97 Å². The summed E-state index contributed by atoms with van der Waals surface area (Å²) < 4.78 is 10.5. The molecule has 1 atom stereocenters. The summed E-state index contributed by atoms with van der Waals surface area (Å²) in [4.78, 5) is 22.6. The Morgan fingerprint density at radius 1 is 0.955 bits per heavy atom. The summed E-state index contributed by atoms with van der Waals surface area (Å²) in [5.41, 5.74) is 0.601. The molecule has 0 spiro atoms. The summed E-state index contributed by atoms with van der Waals surface area (Å²) in [6.07, 6.45) is -0.835. The molecular formula is C17H17NO4. The van der Waals surface area contributed by atoms with E-state index in [1.165, 1.54) is 13.8 Å². The lowest BCUT2D eigenvalue weighted by atomic mass is 10.2. The van der Waals surface area contributed by atoms with Gasteiger partial charge in [0.2, 0.25) is 0 Å². The summed E-state index contributed by atoms with van der Waals surface area (Å²) in [7, 11) is 0. The monoisotopic (exact) mass is 299 g/mol. The van der Waals surface area contributed by atoms with Gasteiger partial charge in [-0.05, 0) is 43.3 Å². The fourth-order valence-electron chi connectivity index (χ4n) is 1.78. The van der Waals surface area contributed by atoms with Crippen LogP contribution in [0.1, 0.15) is 13.8 Å². The van der Waals surface area contributed by atoms with Crippen molar-refractivity contribution in [2.24, 2.45) is 0 Å². The Balaban J connectivity index is 1.94. The molecule has 0 saturated carbocycles. The predicted molar refractivity (Wildman–Crippen MR) is 82.8 cm³/mol. The van der Waals surface area contributed by atoms with Crippen molar-refractivity contribution in [2.75, 3.05) is 5.32 Å². The van der Waals surface area contributed by atoms with Crippen LogP contribution in [0.5, 0.6) is 11.5 Å². The highest BCUT2D eigenvalue weighted by Crippen LogP contribution is 2.22. The molecule has 0 fully saturated rings. The number of hydrogen-bond acceptors (Lipinski definition) is 4. The molecule has 2 aromatic carbocycles. The third-order valence-electron chi connectivity index (χ3n) is 2.81. The second-order valence-electron chi connectivity index (χ2n) is 4.68. The topological polar surface area (TPSA) is 64.6 Å². The van der Waals surface area contributed by atoms with Gasteiger partial charge in [0, 0.05) is 12.6 Å². The molecule has 2 aromatic rings. The van der Waals surface area contributed by atoms with Crippen molar-refractivity contribution in [1.29, 1.82) is 0 Å². The zero-order valence-electron chi connectivity index (χ0n) is 12.4. The number of rotatable bonds is 5. The fraction of sp³-hybridized carbons (Fsp3) is 0.176. The highest BCUT2D eigenvalue weighted by Gasteiger charge is 2.15. The molecule has 0 heterocycles. The molecule has 1 amide bonds. The molecule has 2 rings (SSSR count). The predicted octanol–water partition coefficient (Wildman–Crippen LogP) is 3.37. The number of benzene rings is 2. The highest BCUT2D eigenvalue weighted by molar-refractivity contribution is 5.94. The average Bonchev–Trinajstić information content (AvgIpc) is 2.49. The average molecular weight is 299 g/mol. The molecule has 114 valence electrons. The van der Waals surface area contributed by atoms with Crippen molar-refractivity contribution in [3.8, 4) is 11.5 Å². The number of carbonyl (C=O) groups is 2. The Morgan fingerprint density at radius 2 is 1.55 bits per heavy atom. The van der Waals surface area contributed by atoms with Gasteiger partial charge in [0.15, 0.2) is 6.10 Å². The second kappa shape index (κ2) is 7.26. The van der Waals surface area contributed by atoms with E-state index in [0.29, 0.717) is 11.4 Å². The van der Waals surface area contributed by atoms with Gasteiger partial charge in [-0.3, -0.25) is 9.59 Å². The Morgan fingerprint density at radius 3 is 2.14 bits per heavy atom. The molecule has 0 radical (unpaired) electrons. The molecular weight excluding hydrogens is 282 g/mol. The molecule has 22 heavy (non-hydrogen) atoms. The molecule has 0 aliphatic heterocycles. The minimum atomic E-state index is -0.835. The van der Waals surface area contributed by atoms with Crippen molar-refractivity contribution in [1.82, 2.24) is 0 Å². The van der Waals surface area contributed by atoms with Gasteiger partial charge in [0.1, 0.15) is 11.5 Å². The molecule has 5 nitrogen and oxygen atoms in total. The number of ether oxygens (including phenoxy) is 2. The minimum absolute atomic E-state index is 0.382. The Labute approximate surface area is 128 Å². The van der Waals surface area contributed by atoms with Gasteiger partial charge in [-0.25, -0.2) is 0 Å². The van der Waals surface area contributed by atoms with Gasteiger partial charge in [0.25, 0.3) is 5.91 Å². The Kier molecular flexibility index (Phi) is 5.14. The standard InChI is InChI=1S/C17H17NO4/c1-12(21-13(2)19)17(20)18-14-8-10-16(11-9-14)22-15-6-4-3-5-7-15/h3-12H,1-2H3,(H,18,20). The minimum Gasteiger partial charge on any atom is -0.457 e. The van der Waals surface area contributed by atoms with E-state index < -0.39 is 12.1 Å². The first-order valence-corrected chi connectivity index (χ1v) is 6.85. The molecule has 1 unspecified atom stereocenters. The lowest BCUT2D eigenvalue weighted by Gasteiger charge is -2.12. The molecule has 0 aromatic heterocycles. The summed E-state index contributed by atoms with van der Waals surface area (Å²) in [5.74, 6) is 0.529. The first-order valence-electron chi connectivity index (χ1n) is 6.85. The van der Waals surface area contributed by atoms with Crippen LogP contribution in [0.25, 0.3) is 0 Å². The lowest BCUT2D eigenvalue weighted by Crippen LogP contribution is -2.29.